The van der Waals surface area contributed by atoms with Crippen molar-refractivity contribution >= 4 is 41.0 Å². The van der Waals surface area contributed by atoms with E-state index in [2.05, 4.69) is 0 Å². The Morgan fingerprint density at radius 1 is 1.00 bits per heavy atom. The third-order valence-electron chi connectivity index (χ3n) is 2.39. The van der Waals surface area contributed by atoms with Gasteiger partial charge >= 0.3 is 11.9 Å². The lowest BCUT2D eigenvalue weighted by Gasteiger charge is -2.19. The second-order valence-corrected chi connectivity index (χ2v) is 4.73. The molecule has 0 atom stereocenters. The molecule has 1 amide bonds. The molecule has 0 saturated heterocycles. The fraction of sp³-hybridized carbons (Fsp3) is 0.250. The van der Waals surface area contributed by atoms with E-state index in [1.54, 1.807) is 6.07 Å². The van der Waals surface area contributed by atoms with Gasteiger partial charge in [-0.25, -0.2) is 0 Å². The Kier molecular flexibility index (Phi) is 5.79. The highest BCUT2D eigenvalue weighted by atomic mass is 35.5. The van der Waals surface area contributed by atoms with Crippen molar-refractivity contribution in [1.29, 1.82) is 0 Å². The Labute approximate surface area is 124 Å². The summed E-state index contributed by atoms with van der Waals surface area (Å²) in [5.74, 6) is -3.28. The number of hydrogen-bond donors (Lipinski definition) is 2. The zero-order valence-electron chi connectivity index (χ0n) is 10.2. The fourth-order valence-electron chi connectivity index (χ4n) is 1.52. The minimum atomic E-state index is -1.30. The van der Waals surface area contributed by atoms with Crippen LogP contribution in [-0.2, 0) is 20.8 Å². The second-order valence-electron chi connectivity index (χ2n) is 3.91. The van der Waals surface area contributed by atoms with Crippen molar-refractivity contribution in [3.8, 4) is 0 Å². The quantitative estimate of drug-likeness (QED) is 0.829. The molecular formula is C12H11Cl2NO5. The van der Waals surface area contributed by atoms with Crippen molar-refractivity contribution in [2.75, 3.05) is 13.1 Å². The van der Waals surface area contributed by atoms with Crippen molar-refractivity contribution in [1.82, 2.24) is 4.90 Å². The van der Waals surface area contributed by atoms with E-state index in [1.165, 1.54) is 12.1 Å². The number of rotatable bonds is 6. The minimum Gasteiger partial charge on any atom is -0.480 e. The van der Waals surface area contributed by atoms with E-state index >= 15 is 0 Å². The molecule has 0 bridgehead atoms. The van der Waals surface area contributed by atoms with Crippen LogP contribution in [0.1, 0.15) is 5.56 Å². The van der Waals surface area contributed by atoms with Gasteiger partial charge in [-0.2, -0.15) is 0 Å². The standard InChI is InChI=1S/C12H11Cl2NO5/c13-8-2-1-3-9(14)7(8)4-10(16)15(5-11(17)18)6-12(19)20/h1-3H,4-6H2,(H,17,18)(H,19,20). The minimum absolute atomic E-state index is 0.261. The van der Waals surface area contributed by atoms with E-state index in [-0.39, 0.29) is 16.5 Å². The van der Waals surface area contributed by atoms with Gasteiger partial charge in [-0.05, 0) is 17.7 Å². The molecule has 0 aliphatic rings. The van der Waals surface area contributed by atoms with Crippen LogP contribution in [0.15, 0.2) is 18.2 Å². The Bertz CT molecular complexity index is 510. The molecular weight excluding hydrogens is 309 g/mol. The topological polar surface area (TPSA) is 94.9 Å². The molecule has 1 rings (SSSR count). The van der Waals surface area contributed by atoms with Crippen LogP contribution in [0.2, 0.25) is 10.0 Å². The van der Waals surface area contributed by atoms with Crippen LogP contribution in [-0.4, -0.2) is 46.0 Å². The smallest absolute Gasteiger partial charge is 0.323 e. The molecule has 2 N–H and O–H groups in total. The molecule has 6 nitrogen and oxygen atoms in total. The number of carboxylic acid groups (broad SMARTS) is 2. The van der Waals surface area contributed by atoms with Gasteiger partial charge in [0.05, 0.1) is 6.42 Å². The van der Waals surface area contributed by atoms with Gasteiger partial charge in [0.25, 0.3) is 0 Å². The highest BCUT2D eigenvalue weighted by Gasteiger charge is 2.21. The SMILES string of the molecule is O=C(O)CN(CC(=O)O)C(=O)Cc1c(Cl)cccc1Cl. The summed E-state index contributed by atoms with van der Waals surface area (Å²) < 4.78 is 0. The maximum atomic E-state index is 12.0. The van der Waals surface area contributed by atoms with Crippen molar-refractivity contribution in [2.24, 2.45) is 0 Å². The summed E-state index contributed by atoms with van der Waals surface area (Å²) >= 11 is 11.8. The summed E-state index contributed by atoms with van der Waals surface area (Å²) in [6.45, 7) is -1.40. The number of benzene rings is 1. The summed E-state index contributed by atoms with van der Waals surface area (Å²) in [5, 5.41) is 17.9. The number of halogens is 2. The number of amides is 1. The fourth-order valence-corrected chi connectivity index (χ4v) is 2.05. The van der Waals surface area contributed by atoms with Gasteiger partial charge in [-0.15, -0.1) is 0 Å². The maximum Gasteiger partial charge on any atom is 0.323 e. The van der Waals surface area contributed by atoms with Gasteiger partial charge in [0.2, 0.25) is 5.91 Å². The largest absolute Gasteiger partial charge is 0.480 e. The number of nitrogens with zero attached hydrogens (tertiary/aromatic N) is 1. The summed E-state index contributed by atoms with van der Waals surface area (Å²) in [6.07, 6.45) is -0.265. The van der Waals surface area contributed by atoms with Gasteiger partial charge in [-0.3, -0.25) is 14.4 Å². The van der Waals surface area contributed by atoms with Gasteiger partial charge in [0, 0.05) is 10.0 Å². The average Bonchev–Trinajstić information content (AvgIpc) is 2.31. The van der Waals surface area contributed by atoms with Crippen LogP contribution in [0.5, 0.6) is 0 Å². The maximum absolute atomic E-state index is 12.0. The monoisotopic (exact) mass is 319 g/mol. The average molecular weight is 320 g/mol. The van der Waals surface area contributed by atoms with E-state index in [1.807, 2.05) is 0 Å². The first-order chi connectivity index (χ1) is 9.31. The molecule has 0 heterocycles. The van der Waals surface area contributed by atoms with Gasteiger partial charge in [-0.1, -0.05) is 29.3 Å². The zero-order valence-corrected chi connectivity index (χ0v) is 11.7. The molecule has 0 aliphatic carbocycles. The number of hydrogen-bond acceptors (Lipinski definition) is 3. The van der Waals surface area contributed by atoms with Crippen molar-refractivity contribution in [2.45, 2.75) is 6.42 Å². The first-order valence-corrected chi connectivity index (χ1v) is 6.21. The molecule has 0 aromatic heterocycles. The summed E-state index contributed by atoms with van der Waals surface area (Å²) in [5.41, 5.74) is 0.335. The Hall–Kier alpha value is -1.79. The van der Waals surface area contributed by atoms with E-state index in [0.29, 0.717) is 10.5 Å². The number of carbonyl (C=O) groups excluding carboxylic acids is 1. The zero-order chi connectivity index (χ0) is 15.3. The van der Waals surface area contributed by atoms with E-state index in [4.69, 9.17) is 33.4 Å². The molecule has 0 unspecified atom stereocenters. The predicted octanol–water partition coefficient (Wildman–Crippen LogP) is 1.53. The molecule has 0 saturated carbocycles. The van der Waals surface area contributed by atoms with Crippen LogP contribution in [0.25, 0.3) is 0 Å². The lowest BCUT2D eigenvalue weighted by atomic mass is 10.1. The molecule has 1 aromatic rings. The van der Waals surface area contributed by atoms with E-state index < -0.39 is 30.9 Å². The summed E-state index contributed by atoms with van der Waals surface area (Å²) in [4.78, 5) is 34.0. The molecule has 8 heteroatoms. The molecule has 1 aromatic carbocycles. The van der Waals surface area contributed by atoms with Crippen LogP contribution in [0.3, 0.4) is 0 Å². The first-order valence-electron chi connectivity index (χ1n) is 5.45. The summed E-state index contributed by atoms with van der Waals surface area (Å²) in [7, 11) is 0. The Morgan fingerprint density at radius 3 is 1.85 bits per heavy atom. The van der Waals surface area contributed by atoms with Gasteiger partial charge < -0.3 is 15.1 Å². The third kappa shape index (κ3) is 4.71. The highest BCUT2D eigenvalue weighted by Crippen LogP contribution is 2.25. The van der Waals surface area contributed by atoms with Crippen molar-refractivity contribution < 1.29 is 24.6 Å². The van der Waals surface area contributed by atoms with Crippen LogP contribution >= 0.6 is 23.2 Å². The molecule has 0 aliphatic heterocycles. The summed E-state index contributed by atoms with van der Waals surface area (Å²) in [6, 6.07) is 4.68. The van der Waals surface area contributed by atoms with Crippen molar-refractivity contribution in [3.05, 3.63) is 33.8 Å². The van der Waals surface area contributed by atoms with Gasteiger partial charge in [0.15, 0.2) is 0 Å². The van der Waals surface area contributed by atoms with Crippen LogP contribution in [0.4, 0.5) is 0 Å². The highest BCUT2D eigenvalue weighted by molar-refractivity contribution is 6.36. The van der Waals surface area contributed by atoms with E-state index in [9.17, 15) is 14.4 Å². The molecule has 20 heavy (non-hydrogen) atoms. The molecule has 108 valence electrons. The molecule has 0 radical (unpaired) electrons. The molecule has 0 spiro atoms. The lowest BCUT2D eigenvalue weighted by Crippen LogP contribution is -2.40. The Balaban J connectivity index is 2.90. The normalized spacial score (nSPS) is 10.1. The Morgan fingerprint density at radius 2 is 1.45 bits per heavy atom. The van der Waals surface area contributed by atoms with Crippen LogP contribution in [0, 0.1) is 0 Å². The molecule has 0 fully saturated rings. The number of aliphatic carboxylic acids is 2. The number of carbonyl (C=O) groups is 3. The predicted molar refractivity (Wildman–Crippen MR) is 72.0 cm³/mol. The van der Waals surface area contributed by atoms with Crippen molar-refractivity contribution in [3.63, 3.8) is 0 Å². The third-order valence-corrected chi connectivity index (χ3v) is 3.10. The van der Waals surface area contributed by atoms with Gasteiger partial charge in [0.1, 0.15) is 13.1 Å². The number of carboxylic acids is 2. The first kappa shape index (κ1) is 16.3. The van der Waals surface area contributed by atoms with E-state index in [0.717, 1.165) is 0 Å². The van der Waals surface area contributed by atoms with Crippen LogP contribution < -0.4 is 0 Å². The second kappa shape index (κ2) is 7.12. The lowest BCUT2D eigenvalue weighted by molar-refractivity contribution is -0.149.